The highest BCUT2D eigenvalue weighted by Gasteiger charge is 2.17. The Labute approximate surface area is 186 Å². The van der Waals surface area contributed by atoms with Crippen molar-refractivity contribution in [3.63, 3.8) is 0 Å². The zero-order chi connectivity index (χ0) is 22.4. The minimum Gasteiger partial charge on any atom is -0.325 e. The van der Waals surface area contributed by atoms with Crippen LogP contribution in [-0.2, 0) is 34.8 Å². The third-order valence-electron chi connectivity index (χ3n) is 4.68. The normalized spacial score (nSPS) is 11.5. The molecule has 0 aliphatic rings. The first-order valence-electron chi connectivity index (χ1n) is 9.75. The minimum atomic E-state index is -3.65. The molecule has 0 spiro atoms. The number of hydrogen-bond acceptors (Lipinski definition) is 6. The Bertz CT molecular complexity index is 1160. The van der Waals surface area contributed by atoms with Crippen molar-refractivity contribution in [2.24, 2.45) is 7.05 Å². The average molecular weight is 460 g/mol. The number of hydrogen-bond donors (Lipinski definition) is 2. The van der Waals surface area contributed by atoms with Gasteiger partial charge in [-0.1, -0.05) is 54.6 Å². The fourth-order valence-corrected chi connectivity index (χ4v) is 4.56. The number of carbonyl (C=O) groups excluding carboxylic acids is 1. The van der Waals surface area contributed by atoms with E-state index < -0.39 is 10.0 Å². The van der Waals surface area contributed by atoms with Crippen LogP contribution in [0.5, 0.6) is 0 Å². The highest BCUT2D eigenvalue weighted by Crippen LogP contribution is 2.19. The van der Waals surface area contributed by atoms with Gasteiger partial charge in [0.25, 0.3) is 0 Å². The van der Waals surface area contributed by atoms with Crippen molar-refractivity contribution < 1.29 is 13.2 Å². The van der Waals surface area contributed by atoms with Gasteiger partial charge in [-0.05, 0) is 37.1 Å². The summed E-state index contributed by atoms with van der Waals surface area (Å²) in [6.45, 7) is 3.93. The third kappa shape index (κ3) is 5.93. The van der Waals surface area contributed by atoms with E-state index in [9.17, 15) is 13.2 Å². The van der Waals surface area contributed by atoms with Crippen LogP contribution in [0.15, 0.2) is 58.6 Å². The third-order valence-corrected chi connectivity index (χ3v) is 7.12. The fourth-order valence-electron chi connectivity index (χ4n) is 2.85. The second kappa shape index (κ2) is 10.1. The quantitative estimate of drug-likeness (QED) is 0.477. The summed E-state index contributed by atoms with van der Waals surface area (Å²) in [4.78, 5) is 12.5. The molecule has 1 aromatic heterocycles. The van der Waals surface area contributed by atoms with Gasteiger partial charge in [0.15, 0.2) is 5.16 Å². The number of anilines is 1. The molecule has 0 saturated heterocycles. The standard InChI is InChI=1S/C21H25N5O3S2/c1-4-16-7-5-6-8-18(16)23-20(27)14-30-21-25-24-19(26(21)3)13-22-31(28,29)17-11-9-15(2)10-12-17/h5-12,22H,4,13-14H2,1-3H3,(H,23,27). The Morgan fingerprint density at radius 2 is 1.81 bits per heavy atom. The summed E-state index contributed by atoms with van der Waals surface area (Å²) < 4.78 is 29.1. The second-order valence-corrected chi connectivity index (χ2v) is 9.65. The van der Waals surface area contributed by atoms with Gasteiger partial charge in [0.05, 0.1) is 17.2 Å². The minimum absolute atomic E-state index is 0.00363. The number of aryl methyl sites for hydroxylation is 2. The lowest BCUT2D eigenvalue weighted by molar-refractivity contribution is -0.113. The molecular formula is C21H25N5O3S2. The Balaban J connectivity index is 1.57. The number of nitrogens with zero attached hydrogens (tertiary/aromatic N) is 3. The molecule has 0 aliphatic carbocycles. The molecule has 0 bridgehead atoms. The van der Waals surface area contributed by atoms with Gasteiger partial charge in [0.1, 0.15) is 5.82 Å². The van der Waals surface area contributed by atoms with E-state index in [0.29, 0.717) is 11.0 Å². The Kier molecular flexibility index (Phi) is 7.47. The largest absolute Gasteiger partial charge is 0.325 e. The molecule has 1 amide bonds. The zero-order valence-corrected chi connectivity index (χ0v) is 19.3. The van der Waals surface area contributed by atoms with Crippen LogP contribution in [0.25, 0.3) is 0 Å². The number of thioether (sulfide) groups is 1. The smallest absolute Gasteiger partial charge is 0.240 e. The summed E-state index contributed by atoms with van der Waals surface area (Å²) >= 11 is 1.24. The molecule has 8 nitrogen and oxygen atoms in total. The molecule has 3 rings (SSSR count). The molecule has 164 valence electrons. The highest BCUT2D eigenvalue weighted by molar-refractivity contribution is 7.99. The Morgan fingerprint density at radius 3 is 2.52 bits per heavy atom. The first-order valence-corrected chi connectivity index (χ1v) is 12.2. The lowest BCUT2D eigenvalue weighted by atomic mass is 10.1. The van der Waals surface area contributed by atoms with Gasteiger partial charge in [-0.2, -0.15) is 0 Å². The predicted octanol–water partition coefficient (Wildman–Crippen LogP) is 2.90. The molecule has 0 saturated carbocycles. The van der Waals surface area contributed by atoms with Crippen LogP contribution in [-0.4, -0.2) is 34.8 Å². The van der Waals surface area contributed by atoms with Crippen LogP contribution in [0.1, 0.15) is 23.9 Å². The molecular weight excluding hydrogens is 434 g/mol. The van der Waals surface area contributed by atoms with Crippen molar-refractivity contribution >= 4 is 33.4 Å². The van der Waals surface area contributed by atoms with Gasteiger partial charge in [0.2, 0.25) is 15.9 Å². The second-order valence-electron chi connectivity index (χ2n) is 6.94. The number of aromatic nitrogens is 3. The number of sulfonamides is 1. The van der Waals surface area contributed by atoms with Crippen LogP contribution in [0.4, 0.5) is 5.69 Å². The van der Waals surface area contributed by atoms with E-state index in [1.807, 2.05) is 38.1 Å². The summed E-state index contributed by atoms with van der Waals surface area (Å²) in [5.74, 6) is 0.476. The molecule has 0 fully saturated rings. The van der Waals surface area contributed by atoms with Gasteiger partial charge < -0.3 is 9.88 Å². The SMILES string of the molecule is CCc1ccccc1NC(=O)CSc1nnc(CNS(=O)(=O)c2ccc(C)cc2)n1C. The Morgan fingerprint density at radius 1 is 1.10 bits per heavy atom. The summed E-state index contributed by atoms with van der Waals surface area (Å²) in [6.07, 6.45) is 0.828. The number of carbonyl (C=O) groups is 1. The van der Waals surface area contributed by atoms with Crippen molar-refractivity contribution in [2.45, 2.75) is 36.9 Å². The molecule has 0 unspecified atom stereocenters. The van der Waals surface area contributed by atoms with Crippen LogP contribution in [0.2, 0.25) is 0 Å². The van der Waals surface area contributed by atoms with E-state index in [1.54, 1.807) is 35.9 Å². The molecule has 31 heavy (non-hydrogen) atoms. The molecule has 3 aromatic rings. The Hall–Kier alpha value is -2.69. The average Bonchev–Trinajstić information content (AvgIpc) is 3.11. The lowest BCUT2D eigenvalue weighted by Gasteiger charge is -2.09. The van der Waals surface area contributed by atoms with Crippen molar-refractivity contribution in [2.75, 3.05) is 11.1 Å². The predicted molar refractivity (Wildman–Crippen MR) is 121 cm³/mol. The summed E-state index contributed by atoms with van der Waals surface area (Å²) in [5.41, 5.74) is 2.86. The van der Waals surface area contributed by atoms with Crippen LogP contribution < -0.4 is 10.0 Å². The van der Waals surface area contributed by atoms with Crippen molar-refractivity contribution in [1.29, 1.82) is 0 Å². The highest BCUT2D eigenvalue weighted by atomic mass is 32.2. The number of amides is 1. The van der Waals surface area contributed by atoms with Crippen molar-refractivity contribution in [1.82, 2.24) is 19.5 Å². The maximum absolute atomic E-state index is 12.4. The van der Waals surface area contributed by atoms with Crippen molar-refractivity contribution in [3.8, 4) is 0 Å². The van der Waals surface area contributed by atoms with E-state index in [2.05, 4.69) is 20.2 Å². The monoisotopic (exact) mass is 459 g/mol. The summed E-state index contributed by atoms with van der Waals surface area (Å²) in [6, 6.07) is 14.3. The van der Waals surface area contributed by atoms with E-state index in [4.69, 9.17) is 0 Å². The van der Waals surface area contributed by atoms with E-state index in [1.165, 1.54) is 11.8 Å². The molecule has 10 heteroatoms. The van der Waals surface area contributed by atoms with Gasteiger partial charge >= 0.3 is 0 Å². The maximum atomic E-state index is 12.4. The molecule has 0 aliphatic heterocycles. The maximum Gasteiger partial charge on any atom is 0.240 e. The number of benzene rings is 2. The fraction of sp³-hybridized carbons (Fsp3) is 0.286. The number of para-hydroxylation sites is 1. The van der Waals surface area contributed by atoms with Crippen LogP contribution >= 0.6 is 11.8 Å². The zero-order valence-electron chi connectivity index (χ0n) is 17.6. The van der Waals surface area contributed by atoms with Gasteiger partial charge in [-0.3, -0.25) is 4.79 Å². The van der Waals surface area contributed by atoms with Gasteiger partial charge in [-0.15, -0.1) is 10.2 Å². The molecule has 1 heterocycles. The lowest BCUT2D eigenvalue weighted by Crippen LogP contribution is -2.24. The molecule has 0 atom stereocenters. The van der Waals surface area contributed by atoms with Gasteiger partial charge in [-0.25, -0.2) is 13.1 Å². The first-order chi connectivity index (χ1) is 14.8. The van der Waals surface area contributed by atoms with Gasteiger partial charge in [0, 0.05) is 12.7 Å². The van der Waals surface area contributed by atoms with Crippen molar-refractivity contribution in [3.05, 3.63) is 65.5 Å². The molecule has 0 radical (unpaired) electrons. The number of rotatable bonds is 9. The van der Waals surface area contributed by atoms with Crippen LogP contribution in [0, 0.1) is 6.92 Å². The van der Waals surface area contributed by atoms with Crippen LogP contribution in [0.3, 0.4) is 0 Å². The molecule has 2 N–H and O–H groups in total. The van der Waals surface area contributed by atoms with E-state index in [-0.39, 0.29) is 23.1 Å². The first kappa shape index (κ1) is 23.0. The summed E-state index contributed by atoms with van der Waals surface area (Å²) in [7, 11) is -1.91. The number of nitrogens with one attached hydrogen (secondary N) is 2. The molecule has 2 aromatic carbocycles. The van der Waals surface area contributed by atoms with E-state index in [0.717, 1.165) is 23.2 Å². The van der Waals surface area contributed by atoms with E-state index >= 15 is 0 Å². The topological polar surface area (TPSA) is 106 Å². The summed E-state index contributed by atoms with van der Waals surface area (Å²) in [5, 5.41) is 11.6.